The Bertz CT molecular complexity index is 1820. The predicted octanol–water partition coefficient (Wildman–Crippen LogP) is 21.9. The van der Waals surface area contributed by atoms with Crippen LogP contribution in [-0.4, -0.2) is 96.7 Å². The molecule has 0 rings (SSSR count). The Morgan fingerprint density at radius 2 is 0.489 bits per heavy atom. The average molecular weight is 1380 g/mol. The minimum absolute atomic E-state index is 0.107. The van der Waals surface area contributed by atoms with E-state index >= 15 is 0 Å². The molecular weight excluding hydrogens is 1230 g/mol. The molecule has 0 radical (unpaired) electrons. The molecule has 0 spiro atoms. The second kappa shape index (κ2) is 66.9. The van der Waals surface area contributed by atoms with E-state index in [2.05, 4.69) is 41.5 Å². The highest BCUT2D eigenvalue weighted by atomic mass is 31.2. The predicted molar refractivity (Wildman–Crippen MR) is 381 cm³/mol. The van der Waals surface area contributed by atoms with Crippen LogP contribution in [0.5, 0.6) is 0 Å². The van der Waals surface area contributed by atoms with E-state index < -0.39 is 97.5 Å². The van der Waals surface area contributed by atoms with Crippen LogP contribution >= 0.6 is 15.6 Å². The summed E-state index contributed by atoms with van der Waals surface area (Å²) in [5.74, 6) is -0.680. The number of unbranched alkanes of at least 4 members (excludes halogenated alkanes) is 44. The molecule has 0 aromatic rings. The normalized spacial score (nSPS) is 14.0. The maximum absolute atomic E-state index is 13.1. The second-order valence-corrected chi connectivity index (χ2v) is 30.9. The van der Waals surface area contributed by atoms with Crippen LogP contribution in [-0.2, 0) is 65.4 Å². The first-order valence-electron chi connectivity index (χ1n) is 39.0. The van der Waals surface area contributed by atoms with Gasteiger partial charge in [0.25, 0.3) is 0 Å². The monoisotopic (exact) mass is 1380 g/mol. The minimum Gasteiger partial charge on any atom is -0.462 e. The van der Waals surface area contributed by atoms with Gasteiger partial charge < -0.3 is 33.8 Å². The zero-order valence-corrected chi connectivity index (χ0v) is 63.1. The van der Waals surface area contributed by atoms with Crippen LogP contribution in [0.2, 0.25) is 0 Å². The molecule has 2 unspecified atom stereocenters. The van der Waals surface area contributed by atoms with Crippen LogP contribution < -0.4 is 0 Å². The number of hydrogen-bond donors (Lipinski definition) is 3. The Labute approximate surface area is 575 Å². The fourth-order valence-electron chi connectivity index (χ4n) is 11.5. The number of carbonyl (C=O) groups excluding carboxylic acids is 4. The minimum atomic E-state index is -4.96. The van der Waals surface area contributed by atoms with E-state index in [1.807, 2.05) is 0 Å². The number of esters is 4. The molecule has 0 aromatic heterocycles. The maximum atomic E-state index is 13.1. The number of phosphoric acid groups is 2. The number of carbonyl (C=O) groups is 4. The molecule has 0 aliphatic rings. The van der Waals surface area contributed by atoms with Crippen LogP contribution in [0.3, 0.4) is 0 Å². The number of aliphatic hydroxyl groups excluding tert-OH is 1. The Kier molecular flexibility index (Phi) is 65.5. The third-order valence-electron chi connectivity index (χ3n) is 17.5. The first-order chi connectivity index (χ1) is 45.4. The highest BCUT2D eigenvalue weighted by Crippen LogP contribution is 2.45. The van der Waals surface area contributed by atoms with Gasteiger partial charge in [-0.05, 0) is 37.5 Å². The molecule has 94 heavy (non-hydrogen) atoms. The lowest BCUT2D eigenvalue weighted by Crippen LogP contribution is -2.30. The van der Waals surface area contributed by atoms with Crippen LogP contribution in [0.4, 0.5) is 0 Å². The SMILES string of the molecule is CCCCCCCCCCCCCCCCCCCCCC(=O)O[C@H](COC(=O)CCCCCCCCCCCCC(C)C)COP(=O)(O)OC[C@@H](O)COP(=O)(O)OC[C@@H](COC(=O)CCCCCCCCC(C)C)OC(=O)CCCCCCCCCCCCCCC. The van der Waals surface area contributed by atoms with E-state index in [4.69, 9.17) is 37.0 Å². The van der Waals surface area contributed by atoms with E-state index in [9.17, 15) is 43.2 Å². The third-order valence-corrected chi connectivity index (χ3v) is 19.4. The summed E-state index contributed by atoms with van der Waals surface area (Å²) in [6.07, 6.45) is 54.3. The topological polar surface area (TPSA) is 237 Å². The van der Waals surface area contributed by atoms with Gasteiger partial charge in [-0.2, -0.15) is 0 Å². The Hall–Kier alpha value is -1.94. The highest BCUT2D eigenvalue weighted by molar-refractivity contribution is 7.47. The summed E-state index contributed by atoms with van der Waals surface area (Å²) >= 11 is 0. The summed E-state index contributed by atoms with van der Waals surface area (Å²) < 4.78 is 68.4. The molecule has 0 saturated carbocycles. The zero-order chi connectivity index (χ0) is 69.3. The van der Waals surface area contributed by atoms with Crippen LogP contribution in [0.1, 0.15) is 388 Å². The van der Waals surface area contributed by atoms with Crippen molar-refractivity contribution in [1.82, 2.24) is 0 Å². The Morgan fingerprint density at radius 1 is 0.287 bits per heavy atom. The highest BCUT2D eigenvalue weighted by Gasteiger charge is 2.30. The molecular formula is C75H146O17P2. The molecule has 19 heteroatoms. The number of phosphoric ester groups is 2. The molecule has 0 fully saturated rings. The van der Waals surface area contributed by atoms with Crippen molar-refractivity contribution in [2.24, 2.45) is 11.8 Å². The number of aliphatic hydroxyl groups is 1. The molecule has 0 bridgehead atoms. The first-order valence-corrected chi connectivity index (χ1v) is 42.0. The van der Waals surface area contributed by atoms with Gasteiger partial charge in [0.05, 0.1) is 26.4 Å². The summed E-state index contributed by atoms with van der Waals surface area (Å²) in [6, 6.07) is 0. The maximum Gasteiger partial charge on any atom is 0.472 e. The van der Waals surface area contributed by atoms with Gasteiger partial charge in [0.15, 0.2) is 12.2 Å². The summed E-state index contributed by atoms with van der Waals surface area (Å²) in [7, 11) is -9.91. The molecule has 0 amide bonds. The second-order valence-electron chi connectivity index (χ2n) is 28.0. The summed E-state index contributed by atoms with van der Waals surface area (Å²) in [5.41, 5.74) is 0. The lowest BCUT2D eigenvalue weighted by atomic mass is 10.0. The van der Waals surface area contributed by atoms with E-state index in [1.165, 1.54) is 199 Å². The van der Waals surface area contributed by atoms with Crippen molar-refractivity contribution in [2.45, 2.75) is 407 Å². The van der Waals surface area contributed by atoms with Crippen molar-refractivity contribution in [1.29, 1.82) is 0 Å². The first kappa shape index (κ1) is 92.1. The van der Waals surface area contributed by atoms with Crippen molar-refractivity contribution < 1.29 is 80.2 Å². The van der Waals surface area contributed by atoms with Gasteiger partial charge in [-0.3, -0.25) is 37.3 Å². The smallest absolute Gasteiger partial charge is 0.462 e. The van der Waals surface area contributed by atoms with Gasteiger partial charge in [-0.25, -0.2) is 9.13 Å². The molecule has 0 saturated heterocycles. The summed E-state index contributed by atoms with van der Waals surface area (Å²) in [5, 5.41) is 10.6. The van der Waals surface area contributed by atoms with Gasteiger partial charge in [-0.1, -0.05) is 337 Å². The molecule has 0 aromatic carbocycles. The summed E-state index contributed by atoms with van der Waals surface area (Å²) in [4.78, 5) is 72.7. The van der Waals surface area contributed by atoms with Crippen molar-refractivity contribution in [3.8, 4) is 0 Å². The van der Waals surface area contributed by atoms with Crippen LogP contribution in [0.25, 0.3) is 0 Å². The molecule has 17 nitrogen and oxygen atoms in total. The lowest BCUT2D eigenvalue weighted by molar-refractivity contribution is -0.161. The summed E-state index contributed by atoms with van der Waals surface area (Å²) in [6.45, 7) is 9.50. The Balaban J connectivity index is 5.22. The molecule has 0 aliphatic heterocycles. The van der Waals surface area contributed by atoms with E-state index in [0.717, 1.165) is 102 Å². The quantitative estimate of drug-likeness (QED) is 0.0222. The average Bonchev–Trinajstić information content (AvgIpc) is 3.68. The Morgan fingerprint density at radius 3 is 0.723 bits per heavy atom. The third kappa shape index (κ3) is 68.6. The molecule has 0 heterocycles. The van der Waals surface area contributed by atoms with Crippen molar-refractivity contribution >= 4 is 39.5 Å². The van der Waals surface area contributed by atoms with E-state index in [-0.39, 0.29) is 25.7 Å². The fourth-order valence-corrected chi connectivity index (χ4v) is 13.1. The number of ether oxygens (including phenoxy) is 4. The van der Waals surface area contributed by atoms with E-state index in [1.54, 1.807) is 0 Å². The van der Waals surface area contributed by atoms with Gasteiger partial charge >= 0.3 is 39.5 Å². The standard InChI is InChI=1S/C75H146O17P2/c1-7-9-11-13-15-17-19-21-22-23-24-25-26-28-30-36-40-48-54-60-74(79)91-70(63-85-72(77)57-51-45-38-34-32-31-33-37-43-49-55-67(3)4)65-89-93(81,82)87-61-69(76)62-88-94(83,84)90-66-71(64-86-73(78)58-52-46-42-41-44-50-56-68(5)6)92-75(80)59-53-47-39-35-29-27-20-18-16-14-12-10-8-2/h67-71,76H,7-66H2,1-6H3,(H,81,82)(H,83,84)/t69-,70-,71-/m1/s1. The van der Waals surface area contributed by atoms with Crippen molar-refractivity contribution in [3.63, 3.8) is 0 Å². The lowest BCUT2D eigenvalue weighted by Gasteiger charge is -2.21. The van der Waals surface area contributed by atoms with Gasteiger partial charge in [-0.15, -0.1) is 0 Å². The largest absolute Gasteiger partial charge is 0.472 e. The van der Waals surface area contributed by atoms with Crippen LogP contribution in [0, 0.1) is 11.8 Å². The zero-order valence-electron chi connectivity index (χ0n) is 61.3. The van der Waals surface area contributed by atoms with Gasteiger partial charge in [0.2, 0.25) is 0 Å². The van der Waals surface area contributed by atoms with Gasteiger partial charge in [0, 0.05) is 25.7 Å². The molecule has 3 N–H and O–H groups in total. The fraction of sp³-hybridized carbons (Fsp3) is 0.947. The molecule has 0 aliphatic carbocycles. The van der Waals surface area contributed by atoms with E-state index in [0.29, 0.717) is 31.6 Å². The van der Waals surface area contributed by atoms with Crippen molar-refractivity contribution in [2.75, 3.05) is 39.6 Å². The number of rotatable bonds is 74. The number of hydrogen-bond acceptors (Lipinski definition) is 15. The van der Waals surface area contributed by atoms with Crippen molar-refractivity contribution in [3.05, 3.63) is 0 Å². The molecule has 558 valence electrons. The van der Waals surface area contributed by atoms with Gasteiger partial charge in [0.1, 0.15) is 19.3 Å². The van der Waals surface area contributed by atoms with Crippen LogP contribution in [0.15, 0.2) is 0 Å². The molecule has 5 atom stereocenters.